The van der Waals surface area contributed by atoms with Gasteiger partial charge in [-0.2, -0.15) is 0 Å². The van der Waals surface area contributed by atoms with Crippen LogP contribution in [-0.4, -0.2) is 36.6 Å². The van der Waals surface area contributed by atoms with Crippen molar-refractivity contribution in [1.29, 1.82) is 0 Å². The lowest BCUT2D eigenvalue weighted by Gasteiger charge is -2.30. The molecule has 0 radical (unpaired) electrons. The van der Waals surface area contributed by atoms with Crippen LogP contribution in [0.5, 0.6) is 0 Å². The average Bonchev–Trinajstić information content (AvgIpc) is 2.51. The molecule has 5 nitrogen and oxygen atoms in total. The van der Waals surface area contributed by atoms with Gasteiger partial charge in [-0.05, 0) is 38.0 Å². The highest BCUT2D eigenvalue weighted by Gasteiger charge is 2.29. The summed E-state index contributed by atoms with van der Waals surface area (Å²) in [5.74, 6) is 0.851. The zero-order chi connectivity index (χ0) is 16.0. The summed E-state index contributed by atoms with van der Waals surface area (Å²) >= 11 is 1.58. The molecule has 6 heteroatoms. The minimum Gasteiger partial charge on any atom is -0.380 e. The number of nitrogens with one attached hydrogen (secondary N) is 1. The Morgan fingerprint density at radius 1 is 1.55 bits per heavy atom. The molecule has 1 heterocycles. The van der Waals surface area contributed by atoms with E-state index in [1.165, 1.54) is 0 Å². The van der Waals surface area contributed by atoms with Gasteiger partial charge in [-0.15, -0.1) is 0 Å². The molecule has 0 fully saturated rings. The highest BCUT2D eigenvalue weighted by molar-refractivity contribution is 8.13. The summed E-state index contributed by atoms with van der Waals surface area (Å²) in [7, 11) is 0. The van der Waals surface area contributed by atoms with E-state index < -0.39 is 0 Å². The van der Waals surface area contributed by atoms with E-state index in [9.17, 15) is 4.79 Å². The van der Waals surface area contributed by atoms with Gasteiger partial charge in [0.15, 0.2) is 5.17 Å². The first-order valence-electron chi connectivity index (χ1n) is 7.50. The predicted molar refractivity (Wildman–Crippen MR) is 91.3 cm³/mol. The van der Waals surface area contributed by atoms with E-state index in [1.807, 2.05) is 31.2 Å². The van der Waals surface area contributed by atoms with Gasteiger partial charge in [0.25, 0.3) is 5.91 Å². The number of hydrogen-bond acceptors (Lipinski definition) is 5. The van der Waals surface area contributed by atoms with Crippen LogP contribution < -0.4 is 11.1 Å². The molecule has 0 bridgehead atoms. The fourth-order valence-electron chi connectivity index (χ4n) is 2.37. The lowest BCUT2D eigenvalue weighted by atomic mass is 9.89. The summed E-state index contributed by atoms with van der Waals surface area (Å²) in [4.78, 5) is 16.8. The number of rotatable bonds is 6. The number of nitrogens with zero attached hydrogens (tertiary/aromatic N) is 1. The Morgan fingerprint density at radius 3 is 3.09 bits per heavy atom. The Kier molecular flexibility index (Phi) is 5.85. The van der Waals surface area contributed by atoms with Crippen molar-refractivity contribution in [2.24, 2.45) is 10.7 Å². The van der Waals surface area contributed by atoms with Crippen molar-refractivity contribution >= 4 is 22.8 Å². The van der Waals surface area contributed by atoms with Crippen molar-refractivity contribution in [3.63, 3.8) is 0 Å². The van der Waals surface area contributed by atoms with Crippen molar-refractivity contribution in [2.45, 2.75) is 25.8 Å². The Labute approximate surface area is 135 Å². The molecule has 0 aliphatic carbocycles. The van der Waals surface area contributed by atoms with Gasteiger partial charge in [0.05, 0.1) is 12.1 Å². The van der Waals surface area contributed by atoms with E-state index in [4.69, 9.17) is 10.5 Å². The SMILES string of the molecule is CCOCCNC(=O)c1cccc(C2(C)CCSC(N)=N2)c1. The molecule has 1 aliphatic heterocycles. The van der Waals surface area contributed by atoms with E-state index in [-0.39, 0.29) is 11.4 Å². The minimum absolute atomic E-state index is 0.0905. The van der Waals surface area contributed by atoms with Crippen LogP contribution in [0.25, 0.3) is 0 Å². The second kappa shape index (κ2) is 7.65. The van der Waals surface area contributed by atoms with Gasteiger partial charge in [-0.25, -0.2) is 0 Å². The highest BCUT2D eigenvalue weighted by Crippen LogP contribution is 2.35. The second-order valence-corrected chi connectivity index (χ2v) is 6.47. The summed E-state index contributed by atoms with van der Waals surface area (Å²) in [6.45, 7) is 5.68. The number of hydrogen-bond donors (Lipinski definition) is 2. The van der Waals surface area contributed by atoms with Gasteiger partial charge < -0.3 is 15.8 Å². The molecule has 2 rings (SSSR count). The average molecular weight is 321 g/mol. The number of carbonyl (C=O) groups excluding carboxylic acids is 1. The molecule has 0 spiro atoms. The smallest absolute Gasteiger partial charge is 0.251 e. The monoisotopic (exact) mass is 321 g/mol. The quantitative estimate of drug-likeness (QED) is 0.787. The molecule has 3 N–H and O–H groups in total. The van der Waals surface area contributed by atoms with E-state index in [0.717, 1.165) is 17.7 Å². The lowest BCUT2D eigenvalue weighted by Crippen LogP contribution is -2.30. The molecule has 1 amide bonds. The summed E-state index contributed by atoms with van der Waals surface area (Å²) in [6.07, 6.45) is 0.910. The van der Waals surface area contributed by atoms with E-state index in [2.05, 4.69) is 17.2 Å². The first kappa shape index (κ1) is 16.8. The number of nitrogens with two attached hydrogens (primary N) is 1. The molecular formula is C16H23N3O2S. The van der Waals surface area contributed by atoms with Crippen molar-refractivity contribution < 1.29 is 9.53 Å². The molecular weight excluding hydrogens is 298 g/mol. The maximum Gasteiger partial charge on any atom is 0.251 e. The lowest BCUT2D eigenvalue weighted by molar-refractivity contribution is 0.0922. The maximum atomic E-state index is 12.2. The first-order valence-corrected chi connectivity index (χ1v) is 8.48. The number of aliphatic imine (C=N–C) groups is 1. The number of amidine groups is 1. The Balaban J connectivity index is 2.09. The molecule has 0 aromatic heterocycles. The van der Waals surface area contributed by atoms with Crippen LogP contribution in [0.15, 0.2) is 29.3 Å². The third kappa shape index (κ3) is 4.24. The van der Waals surface area contributed by atoms with Crippen LogP contribution in [0.4, 0.5) is 0 Å². The van der Waals surface area contributed by atoms with Crippen LogP contribution in [0, 0.1) is 0 Å². The number of benzene rings is 1. The van der Waals surface area contributed by atoms with Crippen molar-refractivity contribution in [3.8, 4) is 0 Å². The van der Waals surface area contributed by atoms with E-state index in [0.29, 0.717) is 30.5 Å². The third-order valence-electron chi connectivity index (χ3n) is 3.68. The van der Waals surface area contributed by atoms with Crippen molar-refractivity contribution in [3.05, 3.63) is 35.4 Å². The van der Waals surface area contributed by atoms with Gasteiger partial charge >= 0.3 is 0 Å². The molecule has 0 saturated carbocycles. The summed E-state index contributed by atoms with van der Waals surface area (Å²) in [5.41, 5.74) is 7.17. The molecule has 1 aromatic rings. The Hall–Kier alpha value is -1.53. The number of thioether (sulfide) groups is 1. The topological polar surface area (TPSA) is 76.7 Å². The van der Waals surface area contributed by atoms with Gasteiger partial charge in [0.2, 0.25) is 0 Å². The fourth-order valence-corrected chi connectivity index (χ4v) is 3.35. The summed E-state index contributed by atoms with van der Waals surface area (Å²) in [5, 5.41) is 3.47. The van der Waals surface area contributed by atoms with Gasteiger partial charge in [0.1, 0.15) is 0 Å². The first-order chi connectivity index (χ1) is 10.5. The van der Waals surface area contributed by atoms with Gasteiger partial charge in [-0.1, -0.05) is 23.9 Å². The zero-order valence-electron chi connectivity index (χ0n) is 13.1. The minimum atomic E-state index is -0.350. The number of amides is 1. The van der Waals surface area contributed by atoms with Gasteiger partial charge in [-0.3, -0.25) is 9.79 Å². The van der Waals surface area contributed by atoms with Crippen LogP contribution in [0.3, 0.4) is 0 Å². The summed E-state index contributed by atoms with van der Waals surface area (Å²) < 4.78 is 5.22. The zero-order valence-corrected chi connectivity index (χ0v) is 13.9. The van der Waals surface area contributed by atoms with Crippen LogP contribution in [0.2, 0.25) is 0 Å². The Bertz CT molecular complexity index is 562. The molecule has 1 atom stereocenters. The standard InChI is InChI=1S/C16H23N3O2S/c1-3-21-9-8-18-14(20)12-5-4-6-13(11-12)16(2)7-10-22-15(17)19-16/h4-6,11H,3,7-10H2,1-2H3,(H2,17,19)(H,18,20). The van der Waals surface area contributed by atoms with Crippen molar-refractivity contribution in [2.75, 3.05) is 25.5 Å². The molecule has 0 saturated heterocycles. The highest BCUT2D eigenvalue weighted by atomic mass is 32.2. The Morgan fingerprint density at radius 2 is 2.36 bits per heavy atom. The summed E-state index contributed by atoms with van der Waals surface area (Å²) in [6, 6.07) is 7.62. The van der Waals surface area contributed by atoms with E-state index in [1.54, 1.807) is 11.8 Å². The molecule has 22 heavy (non-hydrogen) atoms. The second-order valence-electron chi connectivity index (χ2n) is 5.36. The van der Waals surface area contributed by atoms with Crippen LogP contribution in [0.1, 0.15) is 36.2 Å². The largest absolute Gasteiger partial charge is 0.380 e. The normalized spacial score (nSPS) is 21.3. The molecule has 120 valence electrons. The third-order valence-corrected chi connectivity index (χ3v) is 4.47. The van der Waals surface area contributed by atoms with E-state index >= 15 is 0 Å². The molecule has 1 aromatic carbocycles. The molecule has 1 aliphatic rings. The molecule has 1 unspecified atom stereocenters. The van der Waals surface area contributed by atoms with Crippen LogP contribution in [-0.2, 0) is 10.3 Å². The van der Waals surface area contributed by atoms with Crippen LogP contribution >= 0.6 is 11.8 Å². The number of carbonyl (C=O) groups is 1. The van der Waals surface area contributed by atoms with Gasteiger partial charge in [0, 0.05) is 24.5 Å². The predicted octanol–water partition coefficient (Wildman–Crippen LogP) is 2.12. The van der Waals surface area contributed by atoms with Crippen molar-refractivity contribution in [1.82, 2.24) is 5.32 Å². The fraction of sp³-hybridized carbons (Fsp3) is 0.500. The maximum absolute atomic E-state index is 12.2. The number of ether oxygens (including phenoxy) is 1.